The number of carbonyl (C=O) groups excluding carboxylic acids is 1. The number of carbonyl (C=O) groups is 1. The summed E-state index contributed by atoms with van der Waals surface area (Å²) < 4.78 is 13.7. The highest BCUT2D eigenvalue weighted by atomic mass is 32.1. The van der Waals surface area contributed by atoms with Crippen LogP contribution in [0, 0.1) is 28.5 Å². The molecule has 1 aromatic carbocycles. The van der Waals surface area contributed by atoms with Crippen LogP contribution >= 0.6 is 11.3 Å². The minimum atomic E-state index is -0.408. The maximum Gasteiger partial charge on any atom is 0.248 e. The Morgan fingerprint density at radius 3 is 2.52 bits per heavy atom. The first-order chi connectivity index (χ1) is 11.2. The highest BCUT2D eigenvalue weighted by Gasteiger charge is 2.10. The van der Waals surface area contributed by atoms with E-state index in [1.54, 1.807) is 36.4 Å². The molecule has 0 aliphatic carbocycles. The van der Waals surface area contributed by atoms with Gasteiger partial charge in [-0.1, -0.05) is 18.2 Å². The van der Waals surface area contributed by atoms with E-state index in [-0.39, 0.29) is 18.9 Å². The lowest BCUT2D eigenvalue weighted by Crippen LogP contribution is -2.30. The summed E-state index contributed by atoms with van der Waals surface area (Å²) in [5, 5.41) is 17.3. The Labute approximate surface area is 137 Å². The van der Waals surface area contributed by atoms with Crippen LogP contribution in [0.4, 0.5) is 4.39 Å². The molecule has 0 spiro atoms. The molecule has 1 aromatic heterocycles. The van der Waals surface area contributed by atoms with Gasteiger partial charge in [-0.2, -0.15) is 10.5 Å². The van der Waals surface area contributed by atoms with Crippen molar-refractivity contribution < 1.29 is 9.18 Å². The Kier molecular flexibility index (Phi) is 5.62. The van der Waals surface area contributed by atoms with Crippen LogP contribution in [-0.2, 0) is 4.79 Å². The van der Waals surface area contributed by atoms with Crippen LogP contribution in [0.5, 0.6) is 0 Å². The van der Waals surface area contributed by atoms with E-state index >= 15 is 0 Å². The van der Waals surface area contributed by atoms with Crippen molar-refractivity contribution in [2.24, 2.45) is 0 Å². The fourth-order valence-electron chi connectivity index (χ4n) is 1.89. The number of hydrogen-bond acceptors (Lipinski definition) is 4. The fraction of sp³-hybridized carbons (Fsp3) is 0.118. The third-order valence-electron chi connectivity index (χ3n) is 2.99. The topological polar surface area (TPSA) is 67.9 Å². The smallest absolute Gasteiger partial charge is 0.248 e. The molecule has 1 amide bonds. The van der Waals surface area contributed by atoms with E-state index in [0.29, 0.717) is 5.56 Å². The van der Waals surface area contributed by atoms with Gasteiger partial charge in [-0.05, 0) is 24.3 Å². The highest BCUT2D eigenvalue weighted by molar-refractivity contribution is 7.16. The van der Waals surface area contributed by atoms with Crippen molar-refractivity contribution in [3.8, 4) is 22.6 Å². The van der Waals surface area contributed by atoms with E-state index < -0.39 is 5.91 Å². The van der Waals surface area contributed by atoms with Crippen LogP contribution in [0.25, 0.3) is 16.5 Å². The van der Waals surface area contributed by atoms with Gasteiger partial charge in [0.05, 0.1) is 12.1 Å². The molecular formula is C17H12FN3OS. The molecule has 0 unspecified atom stereocenters. The van der Waals surface area contributed by atoms with Crippen molar-refractivity contribution in [3.63, 3.8) is 0 Å². The standard InChI is InChI=1S/C17H12FN3OS/c18-15-4-2-1-3-14(15)16-7-5-13(23-16)6-8-17(22)21(11-9-19)12-10-20/h1-8H,11-12H2. The zero-order valence-corrected chi connectivity index (χ0v) is 12.9. The van der Waals surface area contributed by atoms with Gasteiger partial charge in [-0.25, -0.2) is 4.39 Å². The van der Waals surface area contributed by atoms with Gasteiger partial charge in [0.25, 0.3) is 0 Å². The normalized spacial score (nSPS) is 10.2. The summed E-state index contributed by atoms with van der Waals surface area (Å²) in [6, 6.07) is 13.8. The van der Waals surface area contributed by atoms with Crippen molar-refractivity contribution in [1.29, 1.82) is 10.5 Å². The third kappa shape index (κ3) is 4.26. The highest BCUT2D eigenvalue weighted by Crippen LogP contribution is 2.30. The van der Waals surface area contributed by atoms with Crippen molar-refractivity contribution in [2.75, 3.05) is 13.1 Å². The number of benzene rings is 1. The van der Waals surface area contributed by atoms with Crippen LogP contribution in [-0.4, -0.2) is 23.9 Å². The molecule has 4 nitrogen and oxygen atoms in total. The quantitative estimate of drug-likeness (QED) is 0.624. The van der Waals surface area contributed by atoms with Crippen LogP contribution in [0.15, 0.2) is 42.5 Å². The average Bonchev–Trinajstić information content (AvgIpc) is 3.01. The summed E-state index contributed by atoms with van der Waals surface area (Å²) in [6.45, 7) is -0.275. The van der Waals surface area contributed by atoms with Crippen LogP contribution in [0.1, 0.15) is 4.88 Å². The largest absolute Gasteiger partial charge is 0.313 e. The Bertz CT molecular complexity index is 798. The Balaban J connectivity index is 2.13. The van der Waals surface area contributed by atoms with Crippen LogP contribution < -0.4 is 0 Å². The average molecular weight is 325 g/mol. The van der Waals surface area contributed by atoms with Crippen LogP contribution in [0.3, 0.4) is 0 Å². The predicted molar refractivity (Wildman–Crippen MR) is 86.6 cm³/mol. The molecule has 114 valence electrons. The second-order valence-electron chi connectivity index (χ2n) is 4.53. The van der Waals surface area contributed by atoms with Crippen molar-refractivity contribution in [2.45, 2.75) is 0 Å². The Hall–Kier alpha value is -2.96. The monoisotopic (exact) mass is 325 g/mol. The SMILES string of the molecule is N#CCN(CC#N)C(=O)C=Cc1ccc(-c2ccccc2F)s1. The molecule has 0 bridgehead atoms. The second-order valence-corrected chi connectivity index (χ2v) is 5.64. The van der Waals surface area contributed by atoms with Gasteiger partial charge in [0.15, 0.2) is 0 Å². The van der Waals surface area contributed by atoms with Gasteiger partial charge in [0, 0.05) is 21.4 Å². The molecular weight excluding hydrogens is 313 g/mol. The summed E-state index contributed by atoms with van der Waals surface area (Å²) in [6.07, 6.45) is 2.91. The molecule has 0 radical (unpaired) electrons. The summed E-state index contributed by atoms with van der Waals surface area (Å²) >= 11 is 1.35. The first-order valence-electron chi connectivity index (χ1n) is 6.71. The number of hydrogen-bond donors (Lipinski definition) is 0. The fourth-order valence-corrected chi connectivity index (χ4v) is 2.83. The molecule has 23 heavy (non-hydrogen) atoms. The maximum atomic E-state index is 13.7. The number of nitriles is 2. The van der Waals surface area contributed by atoms with Gasteiger partial charge >= 0.3 is 0 Å². The summed E-state index contributed by atoms with van der Waals surface area (Å²) in [4.78, 5) is 14.6. The lowest BCUT2D eigenvalue weighted by atomic mass is 10.2. The first-order valence-corrected chi connectivity index (χ1v) is 7.53. The van der Waals surface area contributed by atoms with E-state index in [0.717, 1.165) is 14.7 Å². The molecule has 2 aromatic rings. The Morgan fingerprint density at radius 2 is 1.87 bits per heavy atom. The maximum absolute atomic E-state index is 13.7. The summed E-state index contributed by atoms with van der Waals surface area (Å²) in [7, 11) is 0. The predicted octanol–water partition coefficient (Wildman–Crippen LogP) is 3.44. The van der Waals surface area contributed by atoms with Gasteiger partial charge in [0.1, 0.15) is 18.9 Å². The zero-order chi connectivity index (χ0) is 16.7. The molecule has 0 saturated heterocycles. The third-order valence-corrected chi connectivity index (χ3v) is 4.07. The second kappa shape index (κ2) is 7.88. The first kappa shape index (κ1) is 16.4. The van der Waals surface area contributed by atoms with Gasteiger partial charge in [-0.15, -0.1) is 11.3 Å². The van der Waals surface area contributed by atoms with E-state index in [1.165, 1.54) is 23.5 Å². The lowest BCUT2D eigenvalue weighted by molar-refractivity contribution is -0.124. The summed E-state index contributed by atoms with van der Waals surface area (Å²) in [5.74, 6) is -0.705. The van der Waals surface area contributed by atoms with E-state index in [9.17, 15) is 9.18 Å². The molecule has 6 heteroatoms. The van der Waals surface area contributed by atoms with Gasteiger partial charge in [0.2, 0.25) is 5.91 Å². The minimum absolute atomic E-state index is 0.137. The molecule has 0 aliphatic rings. The molecule has 1 heterocycles. The number of rotatable bonds is 5. The number of nitrogens with zero attached hydrogens (tertiary/aromatic N) is 3. The molecule has 0 saturated carbocycles. The Morgan fingerprint density at radius 1 is 1.17 bits per heavy atom. The van der Waals surface area contributed by atoms with Crippen molar-refractivity contribution >= 4 is 23.3 Å². The molecule has 2 rings (SSSR count). The van der Waals surface area contributed by atoms with Crippen molar-refractivity contribution in [3.05, 3.63) is 53.2 Å². The molecule has 0 fully saturated rings. The zero-order valence-electron chi connectivity index (χ0n) is 12.1. The summed E-state index contributed by atoms with van der Waals surface area (Å²) in [5.41, 5.74) is 0.513. The molecule has 0 atom stereocenters. The number of halogens is 1. The number of thiophene rings is 1. The number of amides is 1. The molecule has 0 aliphatic heterocycles. The van der Waals surface area contributed by atoms with Crippen LogP contribution in [0.2, 0.25) is 0 Å². The minimum Gasteiger partial charge on any atom is -0.313 e. The van der Waals surface area contributed by atoms with Gasteiger partial charge in [-0.3, -0.25) is 4.79 Å². The molecule has 0 N–H and O–H groups in total. The van der Waals surface area contributed by atoms with E-state index in [1.807, 2.05) is 12.1 Å². The van der Waals surface area contributed by atoms with E-state index in [2.05, 4.69) is 0 Å². The lowest BCUT2D eigenvalue weighted by Gasteiger charge is -2.12. The van der Waals surface area contributed by atoms with Gasteiger partial charge < -0.3 is 4.90 Å². The van der Waals surface area contributed by atoms with Crippen molar-refractivity contribution in [1.82, 2.24) is 4.90 Å². The van der Waals surface area contributed by atoms with E-state index in [4.69, 9.17) is 10.5 Å².